The van der Waals surface area contributed by atoms with Crippen LogP contribution in [0.1, 0.15) is 36.3 Å². The van der Waals surface area contributed by atoms with Gasteiger partial charge in [-0.1, -0.05) is 55.0 Å². The van der Waals surface area contributed by atoms with Gasteiger partial charge in [-0.25, -0.2) is 8.42 Å². The van der Waals surface area contributed by atoms with E-state index in [9.17, 15) is 13.5 Å². The maximum absolute atomic E-state index is 13.2. The molecule has 0 radical (unpaired) electrons. The number of sulfonamides is 1. The number of piperidine rings is 1. The standard InChI is InChI=1S/C23H32N4O3S/c1-24-23(26-17-21(18-28)19-10-4-2-5-11-19)25-16-20-12-6-7-13-22(20)31(29,30)27-14-8-3-9-15-27/h2,4-7,10-13,21,28H,3,8-9,14-18H2,1H3,(H2,24,25,26). The summed E-state index contributed by atoms with van der Waals surface area (Å²) in [5, 5.41) is 16.2. The minimum absolute atomic E-state index is 0.0188. The Morgan fingerprint density at radius 2 is 1.71 bits per heavy atom. The summed E-state index contributed by atoms with van der Waals surface area (Å²) in [6.45, 7) is 2.02. The largest absolute Gasteiger partial charge is 0.396 e. The molecule has 2 aromatic carbocycles. The van der Waals surface area contributed by atoms with Gasteiger partial charge in [-0.3, -0.25) is 4.99 Å². The van der Waals surface area contributed by atoms with Crippen LogP contribution in [0.25, 0.3) is 0 Å². The molecule has 1 saturated heterocycles. The Kier molecular flexibility index (Phi) is 8.45. The Morgan fingerprint density at radius 1 is 1.03 bits per heavy atom. The van der Waals surface area contributed by atoms with Crippen LogP contribution < -0.4 is 10.6 Å². The summed E-state index contributed by atoms with van der Waals surface area (Å²) >= 11 is 0. The number of hydrogen-bond acceptors (Lipinski definition) is 4. The molecule has 1 aliphatic rings. The zero-order valence-electron chi connectivity index (χ0n) is 18.0. The van der Waals surface area contributed by atoms with Gasteiger partial charge in [0.05, 0.1) is 11.5 Å². The molecule has 0 amide bonds. The minimum atomic E-state index is -3.51. The molecule has 0 spiro atoms. The molecule has 0 bridgehead atoms. The fourth-order valence-corrected chi connectivity index (χ4v) is 5.52. The first-order chi connectivity index (χ1) is 15.1. The van der Waals surface area contributed by atoms with Crippen molar-refractivity contribution in [1.29, 1.82) is 0 Å². The maximum atomic E-state index is 13.2. The Bertz CT molecular complexity index is 958. The van der Waals surface area contributed by atoms with E-state index in [1.807, 2.05) is 42.5 Å². The van der Waals surface area contributed by atoms with Gasteiger partial charge in [0.25, 0.3) is 0 Å². The number of aliphatic hydroxyl groups is 1. The van der Waals surface area contributed by atoms with Crippen LogP contribution in [0.3, 0.4) is 0 Å². The third-order valence-corrected chi connectivity index (χ3v) is 7.58. The topological polar surface area (TPSA) is 94.0 Å². The first-order valence-corrected chi connectivity index (χ1v) is 12.2. The first-order valence-electron chi connectivity index (χ1n) is 10.7. The van der Waals surface area contributed by atoms with Gasteiger partial charge >= 0.3 is 0 Å². The van der Waals surface area contributed by atoms with E-state index in [1.165, 1.54) is 0 Å². The summed E-state index contributed by atoms with van der Waals surface area (Å²) in [5.74, 6) is 0.492. The zero-order chi connectivity index (χ0) is 22.1. The quantitative estimate of drug-likeness (QED) is 0.429. The van der Waals surface area contributed by atoms with E-state index in [4.69, 9.17) is 0 Å². The third-order valence-electron chi connectivity index (χ3n) is 5.58. The van der Waals surface area contributed by atoms with Crippen LogP contribution in [0.15, 0.2) is 64.5 Å². The smallest absolute Gasteiger partial charge is 0.243 e. The van der Waals surface area contributed by atoms with Crippen molar-refractivity contribution in [1.82, 2.24) is 14.9 Å². The normalized spacial score (nSPS) is 16.6. The molecule has 1 atom stereocenters. The minimum Gasteiger partial charge on any atom is -0.396 e. The van der Waals surface area contributed by atoms with E-state index >= 15 is 0 Å². The van der Waals surface area contributed by atoms with E-state index in [0.29, 0.717) is 42.6 Å². The van der Waals surface area contributed by atoms with Crippen molar-refractivity contribution in [3.05, 3.63) is 65.7 Å². The monoisotopic (exact) mass is 444 g/mol. The van der Waals surface area contributed by atoms with Crippen molar-refractivity contribution in [2.75, 3.05) is 33.3 Å². The molecule has 168 valence electrons. The molecule has 1 aliphatic heterocycles. The molecule has 3 rings (SSSR count). The van der Waals surface area contributed by atoms with Crippen molar-refractivity contribution in [2.45, 2.75) is 36.6 Å². The molecule has 8 heteroatoms. The van der Waals surface area contributed by atoms with Crippen LogP contribution in [-0.2, 0) is 16.6 Å². The SMILES string of the molecule is CN=C(NCc1ccccc1S(=O)(=O)N1CCCCC1)NCC(CO)c1ccccc1. The van der Waals surface area contributed by atoms with Crippen molar-refractivity contribution in [3.63, 3.8) is 0 Å². The van der Waals surface area contributed by atoms with E-state index < -0.39 is 10.0 Å². The van der Waals surface area contributed by atoms with Crippen LogP contribution in [0, 0.1) is 0 Å². The fourth-order valence-electron chi connectivity index (χ4n) is 3.78. The van der Waals surface area contributed by atoms with Gasteiger partial charge in [0.15, 0.2) is 5.96 Å². The number of nitrogens with one attached hydrogen (secondary N) is 2. The van der Waals surface area contributed by atoms with Crippen LogP contribution in [-0.4, -0.2) is 57.1 Å². The highest BCUT2D eigenvalue weighted by molar-refractivity contribution is 7.89. The Labute approximate surface area is 185 Å². The molecule has 3 N–H and O–H groups in total. The summed E-state index contributed by atoms with van der Waals surface area (Å²) in [6.07, 6.45) is 2.89. The number of aliphatic imine (C=N–C) groups is 1. The molecule has 1 unspecified atom stereocenters. The molecular weight excluding hydrogens is 412 g/mol. The van der Waals surface area contributed by atoms with Crippen LogP contribution in [0.2, 0.25) is 0 Å². The van der Waals surface area contributed by atoms with Gasteiger partial charge in [-0.2, -0.15) is 4.31 Å². The average Bonchev–Trinajstić information content (AvgIpc) is 2.83. The van der Waals surface area contributed by atoms with Crippen molar-refractivity contribution in [2.24, 2.45) is 4.99 Å². The molecule has 0 aliphatic carbocycles. The van der Waals surface area contributed by atoms with Gasteiger partial charge in [0.2, 0.25) is 10.0 Å². The molecule has 7 nitrogen and oxygen atoms in total. The van der Waals surface area contributed by atoms with Gasteiger partial charge in [0, 0.05) is 39.1 Å². The number of benzene rings is 2. The number of hydrogen-bond donors (Lipinski definition) is 3. The lowest BCUT2D eigenvalue weighted by Gasteiger charge is -2.27. The number of guanidine groups is 1. The third kappa shape index (κ3) is 6.06. The molecule has 0 saturated carbocycles. The number of nitrogens with zero attached hydrogens (tertiary/aromatic N) is 2. The van der Waals surface area contributed by atoms with Gasteiger partial charge in [-0.15, -0.1) is 0 Å². The summed E-state index contributed by atoms with van der Waals surface area (Å²) in [4.78, 5) is 4.58. The summed E-state index contributed by atoms with van der Waals surface area (Å²) in [7, 11) is -1.84. The van der Waals surface area contributed by atoms with Crippen molar-refractivity contribution < 1.29 is 13.5 Å². The molecular formula is C23H32N4O3S. The second-order valence-corrected chi connectivity index (χ2v) is 9.58. The second-order valence-electron chi connectivity index (χ2n) is 7.67. The fraction of sp³-hybridized carbons (Fsp3) is 0.435. The van der Waals surface area contributed by atoms with E-state index in [2.05, 4.69) is 15.6 Å². The highest BCUT2D eigenvalue weighted by Crippen LogP contribution is 2.23. The van der Waals surface area contributed by atoms with Crippen molar-refractivity contribution in [3.8, 4) is 0 Å². The van der Waals surface area contributed by atoms with Crippen molar-refractivity contribution >= 4 is 16.0 Å². The molecule has 1 fully saturated rings. The van der Waals surface area contributed by atoms with E-state index in [0.717, 1.165) is 24.8 Å². The Hall–Kier alpha value is -2.42. The predicted octanol–water partition coefficient (Wildman–Crippen LogP) is 2.30. The number of aliphatic hydroxyl groups excluding tert-OH is 1. The van der Waals surface area contributed by atoms with E-state index in [1.54, 1.807) is 23.5 Å². The predicted molar refractivity (Wildman–Crippen MR) is 124 cm³/mol. The lowest BCUT2D eigenvalue weighted by atomic mass is 10.0. The summed E-state index contributed by atoms with van der Waals surface area (Å²) in [5.41, 5.74) is 1.75. The highest BCUT2D eigenvalue weighted by Gasteiger charge is 2.27. The molecule has 2 aromatic rings. The van der Waals surface area contributed by atoms with Crippen LogP contribution in [0.4, 0.5) is 0 Å². The Balaban J connectivity index is 1.65. The molecule has 31 heavy (non-hydrogen) atoms. The maximum Gasteiger partial charge on any atom is 0.243 e. The average molecular weight is 445 g/mol. The molecule has 0 aromatic heterocycles. The highest BCUT2D eigenvalue weighted by atomic mass is 32.2. The summed E-state index contributed by atoms with van der Waals surface area (Å²) < 4.78 is 27.9. The van der Waals surface area contributed by atoms with Gasteiger partial charge < -0.3 is 15.7 Å². The second kappa shape index (κ2) is 11.3. The van der Waals surface area contributed by atoms with Gasteiger partial charge in [0.1, 0.15) is 0 Å². The van der Waals surface area contributed by atoms with Gasteiger partial charge in [-0.05, 0) is 30.0 Å². The van der Waals surface area contributed by atoms with Crippen LogP contribution >= 0.6 is 0 Å². The Morgan fingerprint density at radius 3 is 2.39 bits per heavy atom. The number of rotatable bonds is 8. The lowest BCUT2D eigenvalue weighted by molar-refractivity contribution is 0.265. The van der Waals surface area contributed by atoms with Crippen LogP contribution in [0.5, 0.6) is 0 Å². The molecule has 1 heterocycles. The first kappa shape index (κ1) is 23.2. The summed E-state index contributed by atoms with van der Waals surface area (Å²) in [6, 6.07) is 16.9. The zero-order valence-corrected chi connectivity index (χ0v) is 18.8. The lowest BCUT2D eigenvalue weighted by Crippen LogP contribution is -2.40. The van der Waals surface area contributed by atoms with E-state index in [-0.39, 0.29) is 12.5 Å².